The molecular weight excluding hydrogens is 320 g/mol. The molecule has 0 bridgehead atoms. The number of halogens is 2. The number of azide groups is 1. The summed E-state index contributed by atoms with van der Waals surface area (Å²) in [7, 11) is 0. The average molecular weight is 332 g/mol. The molecule has 0 aliphatic rings. The Kier molecular flexibility index (Phi) is 6.57. The molecule has 0 unspecified atom stereocenters. The Labute approximate surface area is 118 Å². The fraction of sp³-hybridized carbons (Fsp3) is 0.364. The number of benzene rings is 1. The van der Waals surface area contributed by atoms with Crippen LogP contribution in [0.1, 0.15) is 23.2 Å². The smallest absolute Gasteiger partial charge is 0.251 e. The standard InChI is InChI=1S/C11H12BrClN4O/c12-9-4-3-8(7-10(9)13)11(18)15-5-1-2-6-16-17-14/h3-4,7H,1-2,5-6H2,(H,15,18). The van der Waals surface area contributed by atoms with E-state index in [4.69, 9.17) is 17.1 Å². The van der Waals surface area contributed by atoms with Crippen molar-refractivity contribution in [2.24, 2.45) is 5.11 Å². The maximum atomic E-state index is 11.7. The van der Waals surface area contributed by atoms with Gasteiger partial charge in [-0.3, -0.25) is 4.79 Å². The van der Waals surface area contributed by atoms with Crippen molar-refractivity contribution in [2.45, 2.75) is 12.8 Å². The van der Waals surface area contributed by atoms with E-state index in [9.17, 15) is 4.79 Å². The summed E-state index contributed by atoms with van der Waals surface area (Å²) in [5, 5.41) is 6.69. The maximum absolute atomic E-state index is 11.7. The van der Waals surface area contributed by atoms with Crippen LogP contribution in [-0.2, 0) is 0 Å². The summed E-state index contributed by atoms with van der Waals surface area (Å²) in [6.45, 7) is 1.00. The van der Waals surface area contributed by atoms with Gasteiger partial charge in [0.05, 0.1) is 5.02 Å². The van der Waals surface area contributed by atoms with Gasteiger partial charge >= 0.3 is 0 Å². The fourth-order valence-corrected chi connectivity index (χ4v) is 1.72. The monoisotopic (exact) mass is 330 g/mol. The number of amides is 1. The second-order valence-electron chi connectivity index (χ2n) is 3.55. The highest BCUT2D eigenvalue weighted by Gasteiger charge is 2.06. The van der Waals surface area contributed by atoms with Crippen molar-refractivity contribution in [1.29, 1.82) is 0 Å². The van der Waals surface area contributed by atoms with Crippen molar-refractivity contribution < 1.29 is 4.79 Å². The molecular formula is C11H12BrClN4O. The summed E-state index contributed by atoms with van der Waals surface area (Å²) in [6.07, 6.45) is 1.53. The third-order valence-corrected chi connectivity index (χ3v) is 3.45. The summed E-state index contributed by atoms with van der Waals surface area (Å²) in [5.74, 6) is -0.159. The zero-order chi connectivity index (χ0) is 13.4. The van der Waals surface area contributed by atoms with Crippen LogP contribution in [0.3, 0.4) is 0 Å². The minimum atomic E-state index is -0.159. The minimum absolute atomic E-state index is 0.159. The number of hydrogen-bond donors (Lipinski definition) is 1. The second-order valence-corrected chi connectivity index (χ2v) is 4.81. The molecule has 0 aromatic heterocycles. The molecule has 1 aromatic rings. The quantitative estimate of drug-likeness (QED) is 0.364. The highest BCUT2D eigenvalue weighted by Crippen LogP contribution is 2.23. The van der Waals surface area contributed by atoms with Crippen LogP contribution in [0.2, 0.25) is 5.02 Å². The zero-order valence-corrected chi connectivity index (χ0v) is 11.9. The molecule has 1 aromatic carbocycles. The van der Waals surface area contributed by atoms with Crippen LogP contribution >= 0.6 is 27.5 Å². The van der Waals surface area contributed by atoms with Gasteiger partial charge in [-0.15, -0.1) is 0 Å². The van der Waals surface area contributed by atoms with Crippen LogP contribution in [0.25, 0.3) is 10.4 Å². The lowest BCUT2D eigenvalue weighted by Gasteiger charge is -2.05. The molecule has 18 heavy (non-hydrogen) atoms. The molecule has 0 aliphatic carbocycles. The third-order valence-electron chi connectivity index (χ3n) is 2.22. The van der Waals surface area contributed by atoms with Crippen molar-refractivity contribution in [3.63, 3.8) is 0 Å². The summed E-state index contributed by atoms with van der Waals surface area (Å²) in [4.78, 5) is 14.4. The van der Waals surface area contributed by atoms with E-state index in [0.29, 0.717) is 23.7 Å². The highest BCUT2D eigenvalue weighted by molar-refractivity contribution is 9.10. The van der Waals surface area contributed by atoms with E-state index in [2.05, 4.69) is 31.3 Å². The van der Waals surface area contributed by atoms with Gasteiger partial charge in [-0.1, -0.05) is 16.7 Å². The predicted molar refractivity (Wildman–Crippen MR) is 74.7 cm³/mol. The first kappa shape index (κ1) is 14.8. The van der Waals surface area contributed by atoms with E-state index in [0.717, 1.165) is 17.3 Å². The normalized spacial score (nSPS) is 9.67. The molecule has 96 valence electrons. The molecule has 5 nitrogen and oxygen atoms in total. The Balaban J connectivity index is 2.36. The molecule has 0 radical (unpaired) electrons. The first-order valence-electron chi connectivity index (χ1n) is 5.39. The van der Waals surface area contributed by atoms with Crippen molar-refractivity contribution in [3.05, 3.63) is 43.7 Å². The number of carbonyl (C=O) groups is 1. The van der Waals surface area contributed by atoms with Crippen molar-refractivity contribution in [1.82, 2.24) is 5.32 Å². The molecule has 1 amide bonds. The van der Waals surface area contributed by atoms with Crippen molar-refractivity contribution in [2.75, 3.05) is 13.1 Å². The lowest BCUT2D eigenvalue weighted by Crippen LogP contribution is -2.24. The molecule has 0 fully saturated rings. The third kappa shape index (κ3) is 4.96. The van der Waals surface area contributed by atoms with Crippen LogP contribution in [0.15, 0.2) is 27.8 Å². The van der Waals surface area contributed by atoms with Gasteiger partial charge in [-0.05, 0) is 52.5 Å². The van der Waals surface area contributed by atoms with E-state index in [1.54, 1.807) is 18.2 Å². The number of nitrogens with one attached hydrogen (secondary N) is 1. The number of rotatable bonds is 6. The van der Waals surface area contributed by atoms with E-state index in [1.165, 1.54) is 0 Å². The Morgan fingerprint density at radius 3 is 2.94 bits per heavy atom. The summed E-state index contributed by atoms with van der Waals surface area (Å²) in [6, 6.07) is 5.05. The Bertz CT molecular complexity index is 474. The Morgan fingerprint density at radius 1 is 1.50 bits per heavy atom. The SMILES string of the molecule is [N-]=[N+]=NCCCCNC(=O)c1ccc(Br)c(Cl)c1. The topological polar surface area (TPSA) is 77.9 Å². The van der Waals surface area contributed by atoms with Gasteiger partial charge in [0.1, 0.15) is 0 Å². The molecule has 0 saturated carbocycles. The van der Waals surface area contributed by atoms with Crippen molar-refractivity contribution >= 4 is 33.4 Å². The predicted octanol–water partition coefficient (Wildman–Crippen LogP) is 3.92. The zero-order valence-electron chi connectivity index (χ0n) is 9.57. The van der Waals surface area contributed by atoms with Crippen LogP contribution in [-0.4, -0.2) is 19.0 Å². The van der Waals surface area contributed by atoms with Crippen LogP contribution in [0.5, 0.6) is 0 Å². The number of carbonyl (C=O) groups excluding carboxylic acids is 1. The van der Waals surface area contributed by atoms with Crippen LogP contribution in [0.4, 0.5) is 0 Å². The van der Waals surface area contributed by atoms with Gasteiger partial charge in [-0.2, -0.15) is 0 Å². The van der Waals surface area contributed by atoms with Gasteiger partial charge in [-0.25, -0.2) is 0 Å². The molecule has 0 aliphatic heterocycles. The maximum Gasteiger partial charge on any atom is 0.251 e. The number of unbranched alkanes of at least 4 members (excludes halogenated alkanes) is 1. The van der Waals surface area contributed by atoms with E-state index >= 15 is 0 Å². The molecule has 0 spiro atoms. The van der Waals surface area contributed by atoms with Gasteiger partial charge in [0, 0.05) is 28.0 Å². The highest BCUT2D eigenvalue weighted by atomic mass is 79.9. The van der Waals surface area contributed by atoms with E-state index in [1.807, 2.05) is 0 Å². The first-order chi connectivity index (χ1) is 8.65. The lowest BCUT2D eigenvalue weighted by molar-refractivity contribution is 0.0953. The van der Waals surface area contributed by atoms with Gasteiger partial charge in [0.15, 0.2) is 0 Å². The van der Waals surface area contributed by atoms with E-state index in [-0.39, 0.29) is 5.91 Å². The van der Waals surface area contributed by atoms with Crippen LogP contribution < -0.4 is 5.32 Å². The van der Waals surface area contributed by atoms with Gasteiger partial charge < -0.3 is 5.32 Å². The van der Waals surface area contributed by atoms with E-state index < -0.39 is 0 Å². The first-order valence-corrected chi connectivity index (χ1v) is 6.56. The van der Waals surface area contributed by atoms with Crippen molar-refractivity contribution in [3.8, 4) is 0 Å². The number of nitrogens with zero attached hydrogens (tertiary/aromatic N) is 3. The van der Waals surface area contributed by atoms with Crippen LogP contribution in [0, 0.1) is 0 Å². The second kappa shape index (κ2) is 7.97. The molecule has 1 rings (SSSR count). The largest absolute Gasteiger partial charge is 0.352 e. The average Bonchev–Trinajstić information content (AvgIpc) is 2.36. The molecule has 0 atom stereocenters. The summed E-state index contributed by atoms with van der Waals surface area (Å²) < 4.78 is 0.759. The molecule has 1 N–H and O–H groups in total. The Hall–Kier alpha value is -1.23. The van der Waals surface area contributed by atoms with Gasteiger partial charge in [0.25, 0.3) is 5.91 Å². The summed E-state index contributed by atoms with van der Waals surface area (Å²) in [5.41, 5.74) is 8.61. The Morgan fingerprint density at radius 2 is 2.28 bits per heavy atom. The van der Waals surface area contributed by atoms with Gasteiger partial charge in [0.2, 0.25) is 0 Å². The molecule has 7 heteroatoms. The fourth-order valence-electron chi connectivity index (χ4n) is 1.29. The molecule has 0 heterocycles. The minimum Gasteiger partial charge on any atom is -0.352 e. The lowest BCUT2D eigenvalue weighted by atomic mass is 10.2. The summed E-state index contributed by atoms with van der Waals surface area (Å²) >= 11 is 9.17. The molecule has 0 saturated heterocycles. The number of hydrogen-bond acceptors (Lipinski definition) is 2.